The summed E-state index contributed by atoms with van der Waals surface area (Å²) in [6.07, 6.45) is 0. The van der Waals surface area contributed by atoms with Gasteiger partial charge in [-0.3, -0.25) is 0 Å². The first-order chi connectivity index (χ1) is 7.77. The largest absolute Gasteiger partial charge is 0.308 e. The van der Waals surface area contributed by atoms with Crippen molar-refractivity contribution < 1.29 is 0 Å². The Hall–Kier alpha value is -1.12. The number of rotatable bonds is 4. The molecule has 2 aromatic rings. The lowest BCUT2D eigenvalue weighted by Crippen LogP contribution is -2.13. The van der Waals surface area contributed by atoms with Crippen molar-refractivity contribution in [3.05, 3.63) is 57.3 Å². The number of aryl methyl sites for hydroxylation is 2. The average Bonchev–Trinajstić information content (AvgIpc) is 2.75. The van der Waals surface area contributed by atoms with Crippen LogP contribution in [-0.4, -0.2) is 0 Å². The van der Waals surface area contributed by atoms with E-state index in [1.54, 1.807) is 11.3 Å². The molecule has 0 aliphatic carbocycles. The van der Waals surface area contributed by atoms with E-state index in [1.165, 1.54) is 21.6 Å². The van der Waals surface area contributed by atoms with Gasteiger partial charge in [0.1, 0.15) is 0 Å². The van der Waals surface area contributed by atoms with Crippen LogP contribution in [-0.2, 0) is 13.1 Å². The van der Waals surface area contributed by atoms with Gasteiger partial charge in [-0.1, -0.05) is 24.3 Å². The fraction of sp³-hybridized carbons (Fsp3) is 0.286. The minimum absolute atomic E-state index is 0.955. The highest BCUT2D eigenvalue weighted by molar-refractivity contribution is 7.09. The molecule has 0 bridgehead atoms. The van der Waals surface area contributed by atoms with Gasteiger partial charge in [0.05, 0.1) is 0 Å². The number of benzene rings is 1. The van der Waals surface area contributed by atoms with Gasteiger partial charge in [0.2, 0.25) is 0 Å². The molecule has 1 aromatic heterocycles. The normalized spacial score (nSPS) is 10.6. The smallest absolute Gasteiger partial charge is 0.0302 e. The summed E-state index contributed by atoms with van der Waals surface area (Å²) in [6, 6.07) is 10.7. The molecule has 0 saturated heterocycles. The van der Waals surface area contributed by atoms with Crippen LogP contribution in [0.2, 0.25) is 0 Å². The van der Waals surface area contributed by atoms with E-state index in [1.807, 2.05) is 0 Å². The number of hydrogen-bond donors (Lipinski definition) is 1. The molecule has 0 fully saturated rings. The minimum atomic E-state index is 0.955. The fourth-order valence-electron chi connectivity index (χ4n) is 1.85. The Labute approximate surface area is 101 Å². The summed E-state index contributed by atoms with van der Waals surface area (Å²) in [4.78, 5) is 1.39. The van der Waals surface area contributed by atoms with Gasteiger partial charge in [-0.2, -0.15) is 0 Å². The van der Waals surface area contributed by atoms with Crippen LogP contribution in [0.25, 0.3) is 0 Å². The summed E-state index contributed by atoms with van der Waals surface area (Å²) < 4.78 is 0. The monoisotopic (exact) mass is 231 g/mol. The molecular weight excluding hydrogens is 214 g/mol. The van der Waals surface area contributed by atoms with Crippen LogP contribution in [0.4, 0.5) is 0 Å². The first-order valence-electron chi connectivity index (χ1n) is 5.55. The topological polar surface area (TPSA) is 12.0 Å². The van der Waals surface area contributed by atoms with Crippen LogP contribution in [0.3, 0.4) is 0 Å². The lowest BCUT2D eigenvalue weighted by Gasteiger charge is -2.10. The maximum Gasteiger partial charge on any atom is 0.0302 e. The zero-order valence-electron chi connectivity index (χ0n) is 9.79. The molecule has 1 heterocycles. The van der Waals surface area contributed by atoms with Crippen LogP contribution in [0.5, 0.6) is 0 Å². The van der Waals surface area contributed by atoms with Crippen molar-refractivity contribution in [1.29, 1.82) is 0 Å². The molecule has 0 aliphatic rings. The highest BCUT2D eigenvalue weighted by atomic mass is 32.1. The molecule has 2 rings (SSSR count). The average molecular weight is 231 g/mol. The quantitative estimate of drug-likeness (QED) is 0.847. The van der Waals surface area contributed by atoms with Gasteiger partial charge in [-0.05, 0) is 42.0 Å². The molecule has 1 aromatic carbocycles. The minimum Gasteiger partial charge on any atom is -0.308 e. The molecular formula is C14H17NS. The van der Waals surface area contributed by atoms with Crippen LogP contribution in [0.1, 0.15) is 21.6 Å². The van der Waals surface area contributed by atoms with E-state index in [0.29, 0.717) is 0 Å². The van der Waals surface area contributed by atoms with Crippen molar-refractivity contribution in [2.45, 2.75) is 26.9 Å². The molecule has 84 valence electrons. The van der Waals surface area contributed by atoms with Gasteiger partial charge in [-0.25, -0.2) is 0 Å². The van der Waals surface area contributed by atoms with Crippen molar-refractivity contribution in [3.8, 4) is 0 Å². The summed E-state index contributed by atoms with van der Waals surface area (Å²) in [7, 11) is 0. The molecule has 0 saturated carbocycles. The van der Waals surface area contributed by atoms with Crippen molar-refractivity contribution in [2.24, 2.45) is 0 Å². The number of thiophene rings is 1. The second-order valence-electron chi connectivity index (χ2n) is 4.05. The van der Waals surface area contributed by atoms with Gasteiger partial charge in [-0.15, -0.1) is 11.3 Å². The van der Waals surface area contributed by atoms with Gasteiger partial charge >= 0.3 is 0 Å². The molecule has 1 N–H and O–H groups in total. The Morgan fingerprint density at radius 2 is 1.75 bits per heavy atom. The molecule has 2 heteroatoms. The first kappa shape index (κ1) is 11.4. The van der Waals surface area contributed by atoms with Crippen molar-refractivity contribution in [1.82, 2.24) is 5.32 Å². The van der Waals surface area contributed by atoms with E-state index < -0.39 is 0 Å². The third kappa shape index (κ3) is 2.71. The van der Waals surface area contributed by atoms with E-state index in [2.05, 4.69) is 54.9 Å². The first-order valence-corrected chi connectivity index (χ1v) is 6.43. The van der Waals surface area contributed by atoms with E-state index in [0.717, 1.165) is 13.1 Å². The molecule has 0 amide bonds. The molecule has 0 radical (unpaired) electrons. The van der Waals surface area contributed by atoms with E-state index in [9.17, 15) is 0 Å². The second kappa shape index (κ2) is 5.28. The standard InChI is InChI=1S/C14H17NS/c1-11-5-3-6-12(2)14(11)10-15-9-13-7-4-8-16-13/h3-8,15H,9-10H2,1-2H3. The van der Waals surface area contributed by atoms with Crippen LogP contribution in [0, 0.1) is 13.8 Å². The number of hydrogen-bond acceptors (Lipinski definition) is 2. The van der Waals surface area contributed by atoms with Gasteiger partial charge < -0.3 is 5.32 Å². The lowest BCUT2D eigenvalue weighted by atomic mass is 10.0. The maximum absolute atomic E-state index is 3.50. The van der Waals surface area contributed by atoms with Crippen LogP contribution >= 0.6 is 11.3 Å². The molecule has 0 spiro atoms. The fourth-order valence-corrected chi connectivity index (χ4v) is 2.53. The highest BCUT2D eigenvalue weighted by Gasteiger charge is 2.01. The summed E-state index contributed by atoms with van der Waals surface area (Å²) >= 11 is 1.80. The molecule has 1 nitrogen and oxygen atoms in total. The maximum atomic E-state index is 3.50. The Morgan fingerprint density at radius 3 is 2.38 bits per heavy atom. The van der Waals surface area contributed by atoms with E-state index in [-0.39, 0.29) is 0 Å². The zero-order valence-corrected chi connectivity index (χ0v) is 10.6. The van der Waals surface area contributed by atoms with Crippen molar-refractivity contribution in [3.63, 3.8) is 0 Å². The van der Waals surface area contributed by atoms with Crippen LogP contribution in [0.15, 0.2) is 35.7 Å². The summed E-state index contributed by atoms with van der Waals surface area (Å²) in [5.41, 5.74) is 4.18. The van der Waals surface area contributed by atoms with Gasteiger partial charge in [0.25, 0.3) is 0 Å². The van der Waals surface area contributed by atoms with Gasteiger partial charge in [0, 0.05) is 18.0 Å². The Kier molecular flexibility index (Phi) is 3.75. The SMILES string of the molecule is Cc1cccc(C)c1CNCc1cccs1. The predicted molar refractivity (Wildman–Crippen MR) is 70.8 cm³/mol. The molecule has 16 heavy (non-hydrogen) atoms. The molecule has 0 unspecified atom stereocenters. The summed E-state index contributed by atoms with van der Waals surface area (Å²) in [5, 5.41) is 5.62. The third-order valence-electron chi connectivity index (χ3n) is 2.83. The highest BCUT2D eigenvalue weighted by Crippen LogP contribution is 2.13. The lowest BCUT2D eigenvalue weighted by molar-refractivity contribution is 0.695. The van der Waals surface area contributed by atoms with E-state index >= 15 is 0 Å². The summed E-state index contributed by atoms with van der Waals surface area (Å²) in [6.45, 7) is 6.27. The second-order valence-corrected chi connectivity index (χ2v) is 5.09. The van der Waals surface area contributed by atoms with Crippen LogP contribution < -0.4 is 5.32 Å². The van der Waals surface area contributed by atoms with Crippen molar-refractivity contribution in [2.75, 3.05) is 0 Å². The van der Waals surface area contributed by atoms with E-state index in [4.69, 9.17) is 0 Å². The summed E-state index contributed by atoms with van der Waals surface area (Å²) in [5.74, 6) is 0. The predicted octanol–water partition coefficient (Wildman–Crippen LogP) is 3.65. The Morgan fingerprint density at radius 1 is 1.00 bits per heavy atom. The zero-order chi connectivity index (χ0) is 11.4. The van der Waals surface area contributed by atoms with Gasteiger partial charge in [0.15, 0.2) is 0 Å². The molecule has 0 atom stereocenters. The Bertz CT molecular complexity index is 426. The third-order valence-corrected chi connectivity index (χ3v) is 3.70. The van der Waals surface area contributed by atoms with Crippen molar-refractivity contribution >= 4 is 11.3 Å². The molecule has 0 aliphatic heterocycles. The Balaban J connectivity index is 1.95. The number of nitrogens with one attached hydrogen (secondary N) is 1.